The normalized spacial score (nSPS) is 19.8. The van der Waals surface area contributed by atoms with Crippen LogP contribution in [0.5, 0.6) is 0 Å². The van der Waals surface area contributed by atoms with Crippen LogP contribution in [0.3, 0.4) is 0 Å². The summed E-state index contributed by atoms with van der Waals surface area (Å²) in [7, 11) is 0. The van der Waals surface area contributed by atoms with Gasteiger partial charge in [0.2, 0.25) is 0 Å². The van der Waals surface area contributed by atoms with Gasteiger partial charge in [0.05, 0.1) is 0 Å². The summed E-state index contributed by atoms with van der Waals surface area (Å²) in [5.74, 6) is 0. The minimum Gasteiger partial charge on any atom is -0.298 e. The smallest absolute Gasteiger partial charge is 0.150 e. The van der Waals surface area contributed by atoms with Gasteiger partial charge in [-0.05, 0) is 31.2 Å². The van der Waals surface area contributed by atoms with E-state index in [4.69, 9.17) is 0 Å². The summed E-state index contributed by atoms with van der Waals surface area (Å²) in [4.78, 5) is 10.8. The van der Waals surface area contributed by atoms with Crippen LogP contribution in [0, 0.1) is 0 Å². The Morgan fingerprint density at radius 2 is 1.80 bits per heavy atom. The van der Waals surface area contributed by atoms with Gasteiger partial charge < -0.3 is 0 Å². The van der Waals surface area contributed by atoms with Gasteiger partial charge in [0.25, 0.3) is 0 Å². The van der Waals surface area contributed by atoms with E-state index in [1.165, 1.54) is 0 Å². The molecule has 0 aliphatic heterocycles. The fraction of sp³-hybridized carbons (Fsp3) is 0.462. The number of benzene rings is 1. The topological polar surface area (TPSA) is 17.1 Å². The van der Waals surface area contributed by atoms with Crippen molar-refractivity contribution < 1.29 is 9.18 Å². The highest BCUT2D eigenvalue weighted by molar-refractivity contribution is 5.77. The van der Waals surface area contributed by atoms with Gasteiger partial charge in [-0.15, -0.1) is 0 Å². The van der Waals surface area contributed by atoms with Crippen LogP contribution in [0.25, 0.3) is 0 Å². The molecule has 2 rings (SSSR count). The summed E-state index contributed by atoms with van der Waals surface area (Å²) in [5, 5.41) is 0. The first-order chi connectivity index (χ1) is 7.26. The SMILES string of the molecule is O=Cc1ccccc1C1(F)CCCCC1. The number of carbonyl (C=O) groups is 1. The Bertz CT molecular complexity index is 353. The second-order valence-corrected chi connectivity index (χ2v) is 4.23. The third-order valence-corrected chi connectivity index (χ3v) is 3.22. The number of rotatable bonds is 2. The third kappa shape index (κ3) is 1.94. The molecule has 0 N–H and O–H groups in total. The minimum atomic E-state index is -1.27. The molecule has 0 saturated heterocycles. The molecule has 0 unspecified atom stereocenters. The first kappa shape index (κ1) is 10.3. The predicted molar refractivity (Wildman–Crippen MR) is 57.7 cm³/mol. The number of hydrogen-bond acceptors (Lipinski definition) is 1. The zero-order chi connectivity index (χ0) is 10.7. The first-order valence-electron chi connectivity index (χ1n) is 5.50. The van der Waals surface area contributed by atoms with E-state index in [0.29, 0.717) is 24.0 Å². The van der Waals surface area contributed by atoms with Crippen molar-refractivity contribution in [3.8, 4) is 0 Å². The summed E-state index contributed by atoms with van der Waals surface area (Å²) in [6.07, 6.45) is 4.81. The second kappa shape index (κ2) is 4.13. The zero-order valence-electron chi connectivity index (χ0n) is 8.71. The fourth-order valence-corrected chi connectivity index (χ4v) is 2.39. The van der Waals surface area contributed by atoms with Crippen LogP contribution in [0.15, 0.2) is 24.3 Å². The lowest BCUT2D eigenvalue weighted by atomic mass is 9.79. The van der Waals surface area contributed by atoms with Crippen molar-refractivity contribution in [3.05, 3.63) is 35.4 Å². The maximum absolute atomic E-state index is 14.6. The average molecular weight is 206 g/mol. The summed E-state index contributed by atoms with van der Waals surface area (Å²) in [6, 6.07) is 7.02. The van der Waals surface area contributed by atoms with Gasteiger partial charge in [-0.1, -0.05) is 30.7 Å². The van der Waals surface area contributed by atoms with Crippen molar-refractivity contribution in [2.45, 2.75) is 37.8 Å². The van der Waals surface area contributed by atoms with E-state index in [1.807, 2.05) is 0 Å². The highest BCUT2D eigenvalue weighted by Crippen LogP contribution is 2.41. The van der Waals surface area contributed by atoms with Gasteiger partial charge in [-0.2, -0.15) is 0 Å². The van der Waals surface area contributed by atoms with Crippen LogP contribution in [0.2, 0.25) is 0 Å². The van der Waals surface area contributed by atoms with Crippen LogP contribution in [0.4, 0.5) is 4.39 Å². The monoisotopic (exact) mass is 206 g/mol. The van der Waals surface area contributed by atoms with Crippen molar-refractivity contribution in [3.63, 3.8) is 0 Å². The van der Waals surface area contributed by atoms with Gasteiger partial charge in [-0.25, -0.2) is 4.39 Å². The predicted octanol–water partition coefficient (Wildman–Crippen LogP) is 3.63. The van der Waals surface area contributed by atoms with Gasteiger partial charge in [0, 0.05) is 5.56 Å². The van der Waals surface area contributed by atoms with Crippen molar-refractivity contribution in [2.75, 3.05) is 0 Å². The van der Waals surface area contributed by atoms with E-state index >= 15 is 0 Å². The van der Waals surface area contributed by atoms with E-state index in [0.717, 1.165) is 25.5 Å². The van der Waals surface area contributed by atoms with E-state index in [-0.39, 0.29) is 0 Å². The maximum Gasteiger partial charge on any atom is 0.150 e. The molecular weight excluding hydrogens is 191 g/mol. The largest absolute Gasteiger partial charge is 0.298 e. The number of hydrogen-bond donors (Lipinski definition) is 0. The molecule has 0 aromatic heterocycles. The molecule has 0 atom stereocenters. The number of carbonyl (C=O) groups excluding carboxylic acids is 1. The Kier molecular flexibility index (Phi) is 2.85. The minimum absolute atomic E-state index is 0.502. The molecule has 1 nitrogen and oxygen atoms in total. The quantitative estimate of drug-likeness (QED) is 0.675. The Balaban J connectivity index is 2.38. The molecule has 0 spiro atoms. The van der Waals surface area contributed by atoms with Gasteiger partial charge >= 0.3 is 0 Å². The Morgan fingerprint density at radius 3 is 2.47 bits per heavy atom. The second-order valence-electron chi connectivity index (χ2n) is 4.23. The molecule has 0 bridgehead atoms. The lowest BCUT2D eigenvalue weighted by Gasteiger charge is -2.30. The lowest BCUT2D eigenvalue weighted by molar-refractivity contribution is 0.100. The Hall–Kier alpha value is -1.18. The highest BCUT2D eigenvalue weighted by Gasteiger charge is 2.35. The summed E-state index contributed by atoms with van der Waals surface area (Å²) < 4.78 is 14.6. The van der Waals surface area contributed by atoms with Crippen LogP contribution < -0.4 is 0 Å². The molecule has 1 aromatic carbocycles. The molecule has 1 fully saturated rings. The van der Waals surface area contributed by atoms with Gasteiger partial charge in [-0.3, -0.25) is 4.79 Å². The fourth-order valence-electron chi connectivity index (χ4n) is 2.39. The average Bonchev–Trinajstić information content (AvgIpc) is 2.30. The first-order valence-corrected chi connectivity index (χ1v) is 5.50. The van der Waals surface area contributed by atoms with E-state index in [9.17, 15) is 9.18 Å². The number of alkyl halides is 1. The molecule has 1 aliphatic carbocycles. The lowest BCUT2D eigenvalue weighted by Crippen LogP contribution is -2.24. The van der Waals surface area contributed by atoms with Crippen molar-refractivity contribution >= 4 is 6.29 Å². The van der Waals surface area contributed by atoms with Gasteiger partial charge in [0.1, 0.15) is 12.0 Å². The van der Waals surface area contributed by atoms with Crippen molar-refractivity contribution in [1.29, 1.82) is 0 Å². The molecular formula is C13H15FO. The molecule has 0 heterocycles. The summed E-state index contributed by atoms with van der Waals surface area (Å²) in [6.45, 7) is 0. The molecule has 80 valence electrons. The van der Waals surface area contributed by atoms with E-state index < -0.39 is 5.67 Å². The number of aldehydes is 1. The maximum atomic E-state index is 14.6. The van der Waals surface area contributed by atoms with Crippen LogP contribution in [0.1, 0.15) is 48.0 Å². The van der Waals surface area contributed by atoms with E-state index in [2.05, 4.69) is 0 Å². The van der Waals surface area contributed by atoms with Gasteiger partial charge in [0.15, 0.2) is 0 Å². The molecule has 0 amide bonds. The van der Waals surface area contributed by atoms with Crippen LogP contribution in [-0.2, 0) is 5.67 Å². The molecule has 0 radical (unpaired) electrons. The third-order valence-electron chi connectivity index (χ3n) is 3.22. The highest BCUT2D eigenvalue weighted by atomic mass is 19.1. The molecule has 1 saturated carbocycles. The Morgan fingerprint density at radius 1 is 1.13 bits per heavy atom. The summed E-state index contributed by atoms with van der Waals surface area (Å²) >= 11 is 0. The Labute approximate surface area is 89.3 Å². The standard InChI is InChI=1S/C13H15FO/c14-13(8-4-1-5-9-13)12-7-3-2-6-11(12)10-15/h2-3,6-7,10H,1,4-5,8-9H2. The molecule has 15 heavy (non-hydrogen) atoms. The molecule has 1 aliphatic rings. The van der Waals surface area contributed by atoms with Crippen LogP contribution >= 0.6 is 0 Å². The number of halogens is 1. The molecule has 2 heteroatoms. The zero-order valence-corrected chi connectivity index (χ0v) is 8.71. The summed E-state index contributed by atoms with van der Waals surface area (Å²) in [5.41, 5.74) is -0.183. The van der Waals surface area contributed by atoms with Crippen molar-refractivity contribution in [2.24, 2.45) is 0 Å². The van der Waals surface area contributed by atoms with Crippen molar-refractivity contribution in [1.82, 2.24) is 0 Å². The van der Waals surface area contributed by atoms with E-state index in [1.54, 1.807) is 24.3 Å². The molecule has 1 aromatic rings. The van der Waals surface area contributed by atoms with Crippen LogP contribution in [-0.4, -0.2) is 6.29 Å².